The molecule has 0 saturated carbocycles. The minimum absolute atomic E-state index is 0.0459. The summed E-state index contributed by atoms with van der Waals surface area (Å²) in [5.74, 6) is -0.646. The van der Waals surface area contributed by atoms with Crippen LogP contribution in [0.25, 0.3) is 0 Å². The van der Waals surface area contributed by atoms with Gasteiger partial charge in [0.05, 0.1) is 24.6 Å². The molecule has 198 valence electrons. The van der Waals surface area contributed by atoms with Gasteiger partial charge in [0.1, 0.15) is 18.3 Å². The van der Waals surface area contributed by atoms with Crippen LogP contribution in [0.3, 0.4) is 0 Å². The van der Waals surface area contributed by atoms with Gasteiger partial charge in [-0.1, -0.05) is 18.2 Å². The summed E-state index contributed by atoms with van der Waals surface area (Å²) in [6, 6.07) is 9.21. The molecule has 36 heavy (non-hydrogen) atoms. The van der Waals surface area contributed by atoms with Gasteiger partial charge in [-0.15, -0.1) is 0 Å². The molecule has 1 N–H and O–H groups in total. The number of hydrogen-bond donors (Lipinski definition) is 1. The summed E-state index contributed by atoms with van der Waals surface area (Å²) in [6.07, 6.45) is -3.91. The van der Waals surface area contributed by atoms with Gasteiger partial charge < -0.3 is 15.0 Å². The molecule has 0 aliphatic heterocycles. The molecule has 0 fully saturated rings. The quantitative estimate of drug-likeness (QED) is 0.509. The average Bonchev–Trinajstić information content (AvgIpc) is 2.79. The first-order chi connectivity index (χ1) is 16.6. The van der Waals surface area contributed by atoms with Gasteiger partial charge in [-0.05, 0) is 56.7 Å². The maximum atomic E-state index is 13.4. The summed E-state index contributed by atoms with van der Waals surface area (Å²) in [5, 5.41) is 2.71. The van der Waals surface area contributed by atoms with Crippen LogP contribution in [0.1, 0.15) is 31.9 Å². The fourth-order valence-electron chi connectivity index (χ4n) is 3.37. The molecule has 0 unspecified atom stereocenters. The predicted octanol–water partition coefficient (Wildman–Crippen LogP) is 3.42. The van der Waals surface area contributed by atoms with Crippen molar-refractivity contribution >= 4 is 27.5 Å². The lowest BCUT2D eigenvalue weighted by molar-refractivity contribution is -0.139. The summed E-state index contributed by atoms with van der Waals surface area (Å²) in [7, 11) is -2.66. The maximum absolute atomic E-state index is 13.4. The Morgan fingerprint density at radius 3 is 2.17 bits per heavy atom. The molecule has 0 aliphatic rings. The summed E-state index contributed by atoms with van der Waals surface area (Å²) < 4.78 is 70.4. The minimum Gasteiger partial charge on any atom is -0.497 e. The van der Waals surface area contributed by atoms with Gasteiger partial charge in [-0.25, -0.2) is 8.42 Å². The minimum atomic E-state index is -4.70. The zero-order valence-electron chi connectivity index (χ0n) is 20.7. The van der Waals surface area contributed by atoms with Crippen molar-refractivity contribution in [3.8, 4) is 5.75 Å². The third-order valence-corrected chi connectivity index (χ3v) is 6.39. The molecule has 12 heteroatoms. The Labute approximate surface area is 209 Å². The van der Waals surface area contributed by atoms with E-state index in [9.17, 15) is 31.2 Å². The zero-order valence-corrected chi connectivity index (χ0v) is 21.5. The number of carbonyl (C=O) groups excluding carboxylic acids is 2. The van der Waals surface area contributed by atoms with Crippen molar-refractivity contribution < 1.29 is 35.9 Å². The van der Waals surface area contributed by atoms with Gasteiger partial charge in [0.15, 0.2) is 0 Å². The maximum Gasteiger partial charge on any atom is 0.416 e. The monoisotopic (exact) mass is 529 g/mol. The Bertz CT molecular complexity index is 1170. The lowest BCUT2D eigenvalue weighted by Gasteiger charge is -2.32. The summed E-state index contributed by atoms with van der Waals surface area (Å²) in [6.45, 7) is 4.15. The number of nitrogens with one attached hydrogen (secondary N) is 1. The highest BCUT2D eigenvalue weighted by Crippen LogP contribution is 2.32. The van der Waals surface area contributed by atoms with Crippen LogP contribution < -0.4 is 14.4 Å². The fourth-order valence-corrected chi connectivity index (χ4v) is 4.21. The lowest BCUT2D eigenvalue weighted by atomic mass is 10.1. The largest absolute Gasteiger partial charge is 0.497 e. The highest BCUT2D eigenvalue weighted by atomic mass is 32.2. The predicted molar refractivity (Wildman–Crippen MR) is 130 cm³/mol. The van der Waals surface area contributed by atoms with E-state index in [2.05, 4.69) is 5.32 Å². The number of carbonyl (C=O) groups is 2. The van der Waals surface area contributed by atoms with Gasteiger partial charge in [-0.3, -0.25) is 13.9 Å². The van der Waals surface area contributed by atoms with Gasteiger partial charge in [0, 0.05) is 12.6 Å². The van der Waals surface area contributed by atoms with Crippen molar-refractivity contribution in [2.75, 3.05) is 24.2 Å². The molecular weight excluding hydrogens is 499 g/mol. The number of nitrogens with zero attached hydrogens (tertiary/aromatic N) is 2. The van der Waals surface area contributed by atoms with E-state index in [1.807, 2.05) is 0 Å². The Balaban J connectivity index is 2.43. The molecule has 0 aliphatic carbocycles. The Hall–Kier alpha value is -3.28. The summed E-state index contributed by atoms with van der Waals surface area (Å²) in [5.41, 5.74) is -0.733. The van der Waals surface area contributed by atoms with Crippen LogP contribution in [0.5, 0.6) is 5.75 Å². The Morgan fingerprint density at radius 1 is 1.06 bits per heavy atom. The van der Waals surface area contributed by atoms with E-state index in [0.717, 1.165) is 18.4 Å². The summed E-state index contributed by atoms with van der Waals surface area (Å²) in [4.78, 5) is 27.3. The zero-order chi connectivity index (χ0) is 27.3. The first-order valence-corrected chi connectivity index (χ1v) is 12.9. The molecule has 0 spiro atoms. The van der Waals surface area contributed by atoms with Gasteiger partial charge >= 0.3 is 6.18 Å². The van der Waals surface area contributed by atoms with E-state index in [1.54, 1.807) is 38.1 Å². The van der Waals surface area contributed by atoms with Crippen LogP contribution in [-0.2, 0) is 32.3 Å². The van der Waals surface area contributed by atoms with E-state index in [-0.39, 0.29) is 18.3 Å². The number of halogens is 3. The topological polar surface area (TPSA) is 96.0 Å². The van der Waals surface area contributed by atoms with Crippen molar-refractivity contribution in [3.63, 3.8) is 0 Å². The normalized spacial score (nSPS) is 12.7. The van der Waals surface area contributed by atoms with Gasteiger partial charge in [-0.2, -0.15) is 13.2 Å². The second kappa shape index (κ2) is 11.6. The molecule has 0 radical (unpaired) electrons. The second-order valence-corrected chi connectivity index (χ2v) is 10.4. The molecule has 2 rings (SSSR count). The second-order valence-electron chi connectivity index (χ2n) is 8.53. The van der Waals surface area contributed by atoms with Crippen LogP contribution in [0, 0.1) is 0 Å². The van der Waals surface area contributed by atoms with Gasteiger partial charge in [0.2, 0.25) is 21.8 Å². The van der Waals surface area contributed by atoms with Gasteiger partial charge in [0.25, 0.3) is 0 Å². The van der Waals surface area contributed by atoms with E-state index in [0.29, 0.717) is 21.7 Å². The van der Waals surface area contributed by atoms with Crippen molar-refractivity contribution in [2.24, 2.45) is 0 Å². The fraction of sp³-hybridized carbons (Fsp3) is 0.417. The number of methoxy groups -OCH3 is 1. The molecule has 8 nitrogen and oxygen atoms in total. The van der Waals surface area contributed by atoms with E-state index < -0.39 is 46.2 Å². The lowest BCUT2D eigenvalue weighted by Crippen LogP contribution is -2.52. The molecule has 0 aromatic heterocycles. The van der Waals surface area contributed by atoms with Crippen molar-refractivity contribution in [2.45, 2.75) is 45.6 Å². The standard InChI is InChI=1S/C24H30F3N3O5S/c1-16(2)28-23(32)17(3)29(14-18-9-11-21(35-4)12-10-18)22(31)15-30(36(5,33)34)20-8-6-7-19(13-20)24(25,26)27/h6-13,16-17H,14-15H2,1-5H3,(H,28,32)/t17-/m1/s1. The first kappa shape index (κ1) is 29.0. The van der Waals surface area contributed by atoms with Crippen LogP contribution in [0.4, 0.5) is 18.9 Å². The smallest absolute Gasteiger partial charge is 0.416 e. The van der Waals surface area contributed by atoms with E-state index in [1.165, 1.54) is 25.0 Å². The molecular formula is C24H30F3N3O5S. The van der Waals surface area contributed by atoms with Crippen LogP contribution >= 0.6 is 0 Å². The number of benzene rings is 2. The number of sulfonamides is 1. The van der Waals surface area contributed by atoms with E-state index >= 15 is 0 Å². The number of rotatable bonds is 10. The highest BCUT2D eigenvalue weighted by Gasteiger charge is 2.33. The molecule has 0 heterocycles. The average molecular weight is 530 g/mol. The molecule has 0 saturated heterocycles. The molecule has 1 atom stereocenters. The number of ether oxygens (including phenoxy) is 1. The van der Waals surface area contributed by atoms with Crippen LogP contribution in [0.15, 0.2) is 48.5 Å². The van der Waals surface area contributed by atoms with E-state index in [4.69, 9.17) is 4.74 Å². The van der Waals surface area contributed by atoms with Crippen molar-refractivity contribution in [1.82, 2.24) is 10.2 Å². The van der Waals surface area contributed by atoms with Crippen LogP contribution in [-0.4, -0.2) is 57.1 Å². The van der Waals surface area contributed by atoms with Crippen LogP contribution in [0.2, 0.25) is 0 Å². The molecule has 2 aromatic rings. The Morgan fingerprint density at radius 2 is 1.67 bits per heavy atom. The first-order valence-electron chi connectivity index (χ1n) is 11.0. The highest BCUT2D eigenvalue weighted by molar-refractivity contribution is 7.92. The number of hydrogen-bond acceptors (Lipinski definition) is 5. The third kappa shape index (κ3) is 7.87. The third-order valence-electron chi connectivity index (χ3n) is 5.25. The molecule has 0 bridgehead atoms. The Kier molecular flexibility index (Phi) is 9.36. The number of amides is 2. The van der Waals surface area contributed by atoms with Crippen molar-refractivity contribution in [3.05, 3.63) is 59.7 Å². The molecule has 2 amide bonds. The number of alkyl halides is 3. The van der Waals surface area contributed by atoms with Crippen molar-refractivity contribution in [1.29, 1.82) is 0 Å². The summed E-state index contributed by atoms with van der Waals surface area (Å²) >= 11 is 0. The number of anilines is 1. The molecule has 2 aromatic carbocycles. The SMILES string of the molecule is COc1ccc(CN(C(=O)CN(c2cccc(C(F)(F)F)c2)S(C)(=O)=O)[C@H](C)C(=O)NC(C)C)cc1.